The van der Waals surface area contributed by atoms with Crippen molar-refractivity contribution >= 4 is 26.9 Å². The first-order chi connectivity index (χ1) is 14.3. The van der Waals surface area contributed by atoms with E-state index in [0.717, 1.165) is 24.0 Å². The Morgan fingerprint density at radius 1 is 1.10 bits per heavy atom. The van der Waals surface area contributed by atoms with Crippen LogP contribution in [-0.2, 0) is 23.0 Å². The minimum atomic E-state index is -3.41. The van der Waals surface area contributed by atoms with Crippen LogP contribution in [0.15, 0.2) is 58.5 Å². The van der Waals surface area contributed by atoms with Gasteiger partial charge in [0, 0.05) is 51.3 Å². The fourth-order valence-electron chi connectivity index (χ4n) is 3.22. The normalized spacial score (nSPS) is 12.5. The van der Waals surface area contributed by atoms with Gasteiger partial charge in [-0.1, -0.05) is 24.3 Å². The van der Waals surface area contributed by atoms with Crippen LogP contribution in [0.5, 0.6) is 0 Å². The average Bonchev–Trinajstić information content (AvgIpc) is 3.12. The minimum absolute atomic E-state index is 0.285. The van der Waals surface area contributed by atoms with Crippen molar-refractivity contribution in [3.05, 3.63) is 65.4 Å². The Labute approximate surface area is 178 Å². The molecule has 0 aliphatic heterocycles. The summed E-state index contributed by atoms with van der Waals surface area (Å²) in [5, 5.41) is 7.84. The second kappa shape index (κ2) is 9.32. The van der Waals surface area contributed by atoms with Gasteiger partial charge >= 0.3 is 0 Å². The molecule has 3 N–H and O–H groups in total. The molecule has 0 aliphatic carbocycles. The molecular weight excluding hydrogens is 398 g/mol. The highest BCUT2D eigenvalue weighted by atomic mass is 32.2. The van der Waals surface area contributed by atoms with Crippen LogP contribution < -0.4 is 10.6 Å². The first kappa shape index (κ1) is 21.9. The number of nitrogens with one attached hydrogen (secondary N) is 3. The van der Waals surface area contributed by atoms with Crippen LogP contribution in [0.25, 0.3) is 10.9 Å². The number of H-pyrrole nitrogens is 1. The highest BCUT2D eigenvalue weighted by molar-refractivity contribution is 7.89. The summed E-state index contributed by atoms with van der Waals surface area (Å²) in [7, 11) is 1.38. The van der Waals surface area contributed by atoms with Crippen LogP contribution in [0, 0.1) is 6.92 Å². The molecule has 8 heteroatoms. The van der Waals surface area contributed by atoms with Gasteiger partial charge in [0.05, 0.1) is 4.90 Å². The Morgan fingerprint density at radius 2 is 1.83 bits per heavy atom. The van der Waals surface area contributed by atoms with E-state index in [9.17, 15) is 8.42 Å². The number of benzene rings is 2. The average molecular weight is 428 g/mol. The maximum absolute atomic E-state index is 12.1. The van der Waals surface area contributed by atoms with Crippen LogP contribution in [0.2, 0.25) is 0 Å². The molecule has 0 amide bonds. The van der Waals surface area contributed by atoms with E-state index in [2.05, 4.69) is 51.9 Å². The largest absolute Gasteiger partial charge is 0.361 e. The van der Waals surface area contributed by atoms with Gasteiger partial charge in [0.15, 0.2) is 5.96 Å². The molecule has 1 heterocycles. The molecule has 0 spiro atoms. The first-order valence-corrected chi connectivity index (χ1v) is 11.3. The number of guanidine groups is 1. The summed E-state index contributed by atoms with van der Waals surface area (Å²) < 4.78 is 25.5. The number of rotatable bonds is 7. The van der Waals surface area contributed by atoms with Crippen molar-refractivity contribution < 1.29 is 8.42 Å². The summed E-state index contributed by atoms with van der Waals surface area (Å²) in [4.78, 5) is 7.88. The van der Waals surface area contributed by atoms with Gasteiger partial charge in [0.1, 0.15) is 0 Å². The molecule has 3 rings (SSSR count). The lowest BCUT2D eigenvalue weighted by atomic mass is 10.1. The van der Waals surface area contributed by atoms with E-state index in [4.69, 9.17) is 0 Å². The van der Waals surface area contributed by atoms with Gasteiger partial charge in [-0.3, -0.25) is 4.99 Å². The number of aromatic nitrogens is 1. The predicted molar refractivity (Wildman–Crippen MR) is 122 cm³/mol. The van der Waals surface area contributed by atoms with Gasteiger partial charge in [0.2, 0.25) is 10.0 Å². The smallest absolute Gasteiger partial charge is 0.242 e. The van der Waals surface area contributed by atoms with E-state index in [-0.39, 0.29) is 4.90 Å². The summed E-state index contributed by atoms with van der Waals surface area (Å²) in [6, 6.07) is 13.3. The SMILES string of the molecule is CN=C(NCCc1c[nH]c2cc(C)ccc12)NCc1ccc(S(=O)(=O)N(C)C)cc1. The third-order valence-corrected chi connectivity index (χ3v) is 6.82. The van der Waals surface area contributed by atoms with Gasteiger partial charge in [-0.2, -0.15) is 0 Å². The third kappa shape index (κ3) is 5.01. The van der Waals surface area contributed by atoms with E-state index in [1.165, 1.54) is 34.9 Å². The van der Waals surface area contributed by atoms with Gasteiger partial charge in [-0.15, -0.1) is 0 Å². The van der Waals surface area contributed by atoms with Crippen molar-refractivity contribution in [3.8, 4) is 0 Å². The summed E-state index contributed by atoms with van der Waals surface area (Å²) in [6.07, 6.45) is 2.94. The number of fused-ring (bicyclic) bond motifs is 1. The molecule has 7 nitrogen and oxygen atoms in total. The number of aliphatic imine (C=N–C) groups is 1. The van der Waals surface area contributed by atoms with E-state index in [0.29, 0.717) is 12.5 Å². The van der Waals surface area contributed by atoms with Crippen molar-refractivity contribution in [2.45, 2.75) is 24.8 Å². The number of hydrogen-bond acceptors (Lipinski definition) is 3. The zero-order valence-electron chi connectivity index (χ0n) is 17.9. The molecule has 0 saturated heterocycles. The second-order valence-electron chi connectivity index (χ2n) is 7.40. The molecule has 160 valence electrons. The number of aromatic amines is 1. The second-order valence-corrected chi connectivity index (χ2v) is 9.55. The monoisotopic (exact) mass is 427 g/mol. The van der Waals surface area contributed by atoms with Crippen molar-refractivity contribution in [2.75, 3.05) is 27.7 Å². The van der Waals surface area contributed by atoms with Crippen LogP contribution in [0.1, 0.15) is 16.7 Å². The van der Waals surface area contributed by atoms with Gasteiger partial charge in [0.25, 0.3) is 0 Å². The minimum Gasteiger partial charge on any atom is -0.361 e. The molecule has 2 aromatic carbocycles. The predicted octanol–water partition coefficient (Wildman–Crippen LogP) is 2.63. The zero-order chi connectivity index (χ0) is 21.7. The molecule has 0 bridgehead atoms. The lowest BCUT2D eigenvalue weighted by Gasteiger charge is -2.13. The lowest BCUT2D eigenvalue weighted by molar-refractivity contribution is 0.520. The molecule has 1 aromatic heterocycles. The highest BCUT2D eigenvalue weighted by Gasteiger charge is 2.16. The molecule has 3 aromatic rings. The van der Waals surface area contributed by atoms with E-state index >= 15 is 0 Å². The molecular formula is C22H29N5O2S. The Kier molecular flexibility index (Phi) is 6.79. The van der Waals surface area contributed by atoms with E-state index in [1.54, 1.807) is 19.2 Å². The zero-order valence-corrected chi connectivity index (χ0v) is 18.7. The standard InChI is InChI=1S/C22H29N5O2S/c1-16-5-10-20-18(15-25-21(20)13-16)11-12-24-22(23-2)26-14-17-6-8-19(9-7-17)30(28,29)27(3)4/h5-10,13,15,25H,11-12,14H2,1-4H3,(H2,23,24,26). The summed E-state index contributed by atoms with van der Waals surface area (Å²) in [6.45, 7) is 3.39. The summed E-state index contributed by atoms with van der Waals surface area (Å²) >= 11 is 0. The van der Waals surface area contributed by atoms with Gasteiger partial charge in [-0.25, -0.2) is 12.7 Å². The summed E-state index contributed by atoms with van der Waals surface area (Å²) in [5.74, 6) is 0.704. The third-order valence-electron chi connectivity index (χ3n) is 5.00. The Morgan fingerprint density at radius 3 is 2.50 bits per heavy atom. The molecule has 0 fully saturated rings. The fourth-order valence-corrected chi connectivity index (χ4v) is 4.12. The van der Waals surface area contributed by atoms with Crippen molar-refractivity contribution in [3.63, 3.8) is 0 Å². The lowest BCUT2D eigenvalue weighted by Crippen LogP contribution is -2.37. The van der Waals surface area contributed by atoms with Crippen LogP contribution in [0.4, 0.5) is 0 Å². The van der Waals surface area contributed by atoms with Crippen LogP contribution in [0.3, 0.4) is 0 Å². The van der Waals surface area contributed by atoms with Crippen LogP contribution in [-0.4, -0.2) is 51.4 Å². The van der Waals surface area contributed by atoms with Crippen molar-refractivity contribution in [2.24, 2.45) is 4.99 Å². The number of nitrogens with zero attached hydrogens (tertiary/aromatic N) is 2. The van der Waals surface area contributed by atoms with E-state index < -0.39 is 10.0 Å². The summed E-state index contributed by atoms with van der Waals surface area (Å²) in [5.41, 5.74) is 4.64. The molecule has 30 heavy (non-hydrogen) atoms. The Bertz CT molecular complexity index is 1130. The quantitative estimate of drug-likeness (QED) is 0.399. The molecule has 0 radical (unpaired) electrons. The maximum atomic E-state index is 12.1. The molecule has 0 atom stereocenters. The number of hydrogen-bond donors (Lipinski definition) is 3. The van der Waals surface area contributed by atoms with E-state index in [1.807, 2.05) is 12.1 Å². The fraction of sp³-hybridized carbons (Fsp3) is 0.318. The maximum Gasteiger partial charge on any atom is 0.242 e. The van der Waals surface area contributed by atoms with Crippen molar-refractivity contribution in [1.82, 2.24) is 19.9 Å². The molecule has 0 saturated carbocycles. The Balaban J connectivity index is 1.52. The Hall–Kier alpha value is -2.84. The van der Waals surface area contributed by atoms with Crippen molar-refractivity contribution in [1.29, 1.82) is 0 Å². The molecule has 0 aliphatic rings. The van der Waals surface area contributed by atoms with Gasteiger partial charge in [-0.05, 0) is 48.2 Å². The molecule has 0 unspecified atom stereocenters. The first-order valence-electron chi connectivity index (χ1n) is 9.84. The number of aryl methyl sites for hydroxylation is 1. The topological polar surface area (TPSA) is 89.6 Å². The van der Waals surface area contributed by atoms with Crippen LogP contribution >= 0.6 is 0 Å². The number of sulfonamides is 1. The highest BCUT2D eigenvalue weighted by Crippen LogP contribution is 2.19. The van der Waals surface area contributed by atoms with Gasteiger partial charge < -0.3 is 15.6 Å².